The Morgan fingerprint density at radius 3 is 2.86 bits per heavy atom. The number of aliphatic imine (C=N–C) groups is 1. The van der Waals surface area contributed by atoms with Crippen molar-refractivity contribution in [3.05, 3.63) is 47.0 Å². The molecular weight excluding hydrogens is 348 g/mol. The highest BCUT2D eigenvalue weighted by molar-refractivity contribution is 5.80. The van der Waals surface area contributed by atoms with Gasteiger partial charge in [0, 0.05) is 45.1 Å². The molecule has 6 nitrogen and oxygen atoms in total. The fraction of sp³-hybridized carbons (Fsp3) is 0.591. The number of aryl methyl sites for hydroxylation is 3. The summed E-state index contributed by atoms with van der Waals surface area (Å²) in [7, 11) is 0. The summed E-state index contributed by atoms with van der Waals surface area (Å²) in [6.07, 6.45) is 3.35. The number of rotatable bonds is 4. The van der Waals surface area contributed by atoms with E-state index in [1.807, 2.05) is 6.92 Å². The van der Waals surface area contributed by atoms with E-state index in [1.54, 1.807) is 0 Å². The lowest BCUT2D eigenvalue weighted by Gasteiger charge is -2.25. The van der Waals surface area contributed by atoms with Crippen LogP contribution in [-0.4, -0.2) is 51.8 Å². The third-order valence-corrected chi connectivity index (χ3v) is 6.18. The zero-order valence-electron chi connectivity index (χ0n) is 17.4. The van der Waals surface area contributed by atoms with Gasteiger partial charge in [0.1, 0.15) is 11.6 Å². The van der Waals surface area contributed by atoms with E-state index >= 15 is 0 Å². The quantitative estimate of drug-likeness (QED) is 0.654. The van der Waals surface area contributed by atoms with Crippen LogP contribution in [0.15, 0.2) is 29.3 Å². The Morgan fingerprint density at radius 2 is 2.04 bits per heavy atom. The summed E-state index contributed by atoms with van der Waals surface area (Å²) >= 11 is 0. The topological polar surface area (TPSA) is 58.3 Å². The molecule has 0 spiro atoms. The van der Waals surface area contributed by atoms with Gasteiger partial charge >= 0.3 is 0 Å². The van der Waals surface area contributed by atoms with Crippen LogP contribution in [0.1, 0.15) is 48.5 Å². The number of hydrogen-bond donors (Lipinski definition) is 1. The molecule has 0 bridgehead atoms. The number of nitrogens with zero attached hydrogens (tertiary/aromatic N) is 5. The molecule has 2 aliphatic heterocycles. The van der Waals surface area contributed by atoms with Crippen LogP contribution in [0.25, 0.3) is 0 Å². The largest absolute Gasteiger partial charge is 0.357 e. The van der Waals surface area contributed by atoms with Gasteiger partial charge in [-0.2, -0.15) is 0 Å². The van der Waals surface area contributed by atoms with E-state index in [2.05, 4.69) is 63.1 Å². The lowest BCUT2D eigenvalue weighted by atomic mass is 9.94. The summed E-state index contributed by atoms with van der Waals surface area (Å²) in [5.74, 6) is 4.39. The second kappa shape index (κ2) is 8.33. The molecule has 2 unspecified atom stereocenters. The van der Waals surface area contributed by atoms with Crippen LogP contribution in [0.4, 0.5) is 0 Å². The number of likely N-dealkylation sites (tertiary alicyclic amines) is 1. The Bertz CT molecular complexity index is 839. The molecule has 6 heteroatoms. The zero-order chi connectivity index (χ0) is 19.5. The van der Waals surface area contributed by atoms with Crippen LogP contribution in [0.3, 0.4) is 0 Å². The molecule has 1 aromatic carbocycles. The standard InChI is InChI=1S/C22H32N6/c1-4-23-22(24-13-18-9-10-21-26-25-17(3)28(21)14-18)27-12-11-19(15-27)20-8-6-5-7-16(20)2/h5-8,18-19H,4,9-15H2,1-3H3,(H,23,24). The van der Waals surface area contributed by atoms with E-state index in [0.717, 1.165) is 63.2 Å². The van der Waals surface area contributed by atoms with Gasteiger partial charge in [-0.1, -0.05) is 24.3 Å². The third kappa shape index (κ3) is 3.91. The Labute approximate surface area is 168 Å². The summed E-state index contributed by atoms with van der Waals surface area (Å²) in [5, 5.41) is 12.0. The minimum atomic E-state index is 0.561. The first-order valence-corrected chi connectivity index (χ1v) is 10.6. The highest BCUT2D eigenvalue weighted by Crippen LogP contribution is 2.29. The second-order valence-corrected chi connectivity index (χ2v) is 8.16. The second-order valence-electron chi connectivity index (χ2n) is 8.16. The molecular formula is C22H32N6. The average molecular weight is 381 g/mol. The van der Waals surface area contributed by atoms with Crippen molar-refractivity contribution in [2.75, 3.05) is 26.2 Å². The number of guanidine groups is 1. The molecule has 1 fully saturated rings. The van der Waals surface area contributed by atoms with E-state index in [9.17, 15) is 0 Å². The molecule has 2 aromatic rings. The van der Waals surface area contributed by atoms with Gasteiger partial charge in [-0.25, -0.2) is 0 Å². The van der Waals surface area contributed by atoms with Crippen LogP contribution >= 0.6 is 0 Å². The first-order chi connectivity index (χ1) is 13.7. The Balaban J connectivity index is 1.41. The highest BCUT2D eigenvalue weighted by Gasteiger charge is 2.27. The number of hydrogen-bond acceptors (Lipinski definition) is 3. The van der Waals surface area contributed by atoms with Crippen molar-refractivity contribution >= 4 is 5.96 Å². The first kappa shape index (κ1) is 19.0. The predicted octanol–water partition coefficient (Wildman–Crippen LogP) is 2.91. The minimum Gasteiger partial charge on any atom is -0.357 e. The summed E-state index contributed by atoms with van der Waals surface area (Å²) in [6, 6.07) is 8.80. The van der Waals surface area contributed by atoms with Gasteiger partial charge in [0.25, 0.3) is 0 Å². The number of benzene rings is 1. The Morgan fingerprint density at radius 1 is 1.18 bits per heavy atom. The maximum Gasteiger partial charge on any atom is 0.193 e. The summed E-state index contributed by atoms with van der Waals surface area (Å²) in [5.41, 5.74) is 2.89. The Kier molecular flexibility index (Phi) is 5.64. The van der Waals surface area contributed by atoms with Crippen molar-refractivity contribution in [2.45, 2.75) is 52.5 Å². The fourth-order valence-electron chi connectivity index (χ4n) is 4.57. The Hall–Kier alpha value is -2.37. The molecule has 2 atom stereocenters. The molecule has 4 rings (SSSR count). The van der Waals surface area contributed by atoms with Gasteiger partial charge in [-0.05, 0) is 50.7 Å². The maximum atomic E-state index is 5.03. The third-order valence-electron chi connectivity index (χ3n) is 6.18. The summed E-state index contributed by atoms with van der Waals surface area (Å²) < 4.78 is 2.26. The van der Waals surface area contributed by atoms with Crippen LogP contribution in [0, 0.1) is 19.8 Å². The summed E-state index contributed by atoms with van der Waals surface area (Å²) in [4.78, 5) is 7.48. The summed E-state index contributed by atoms with van der Waals surface area (Å²) in [6.45, 7) is 11.3. The molecule has 0 saturated carbocycles. The highest BCUT2D eigenvalue weighted by atomic mass is 15.3. The van der Waals surface area contributed by atoms with Gasteiger partial charge < -0.3 is 14.8 Å². The molecule has 0 radical (unpaired) electrons. The number of fused-ring (bicyclic) bond motifs is 1. The molecule has 150 valence electrons. The number of aromatic nitrogens is 3. The van der Waals surface area contributed by atoms with Gasteiger partial charge in [-0.15, -0.1) is 10.2 Å². The molecule has 0 aliphatic carbocycles. The van der Waals surface area contributed by atoms with E-state index in [1.165, 1.54) is 17.5 Å². The van der Waals surface area contributed by atoms with Crippen LogP contribution in [0.5, 0.6) is 0 Å². The molecule has 0 amide bonds. The van der Waals surface area contributed by atoms with E-state index in [-0.39, 0.29) is 0 Å². The zero-order valence-corrected chi connectivity index (χ0v) is 17.4. The van der Waals surface area contributed by atoms with Crippen LogP contribution in [0.2, 0.25) is 0 Å². The van der Waals surface area contributed by atoms with Crippen molar-refractivity contribution in [3.8, 4) is 0 Å². The SMILES string of the molecule is CCNC(=NCC1CCc2nnc(C)n2C1)N1CCC(c2ccccc2C)C1. The van der Waals surface area contributed by atoms with E-state index < -0.39 is 0 Å². The van der Waals surface area contributed by atoms with E-state index in [4.69, 9.17) is 4.99 Å². The molecule has 2 aliphatic rings. The van der Waals surface area contributed by atoms with E-state index in [0.29, 0.717) is 11.8 Å². The lowest BCUT2D eigenvalue weighted by molar-refractivity contribution is 0.367. The fourth-order valence-corrected chi connectivity index (χ4v) is 4.57. The van der Waals surface area contributed by atoms with Gasteiger partial charge in [0.2, 0.25) is 0 Å². The first-order valence-electron chi connectivity index (χ1n) is 10.6. The van der Waals surface area contributed by atoms with Crippen LogP contribution < -0.4 is 5.32 Å². The van der Waals surface area contributed by atoms with Gasteiger partial charge in [0.05, 0.1) is 0 Å². The van der Waals surface area contributed by atoms with Gasteiger partial charge in [-0.3, -0.25) is 4.99 Å². The van der Waals surface area contributed by atoms with Crippen molar-refractivity contribution in [3.63, 3.8) is 0 Å². The molecule has 28 heavy (non-hydrogen) atoms. The van der Waals surface area contributed by atoms with Crippen molar-refractivity contribution in [1.82, 2.24) is 25.0 Å². The number of nitrogens with one attached hydrogen (secondary N) is 1. The van der Waals surface area contributed by atoms with Crippen LogP contribution in [-0.2, 0) is 13.0 Å². The van der Waals surface area contributed by atoms with Crippen molar-refractivity contribution in [2.24, 2.45) is 10.9 Å². The lowest BCUT2D eigenvalue weighted by Crippen LogP contribution is -2.40. The molecule has 1 saturated heterocycles. The molecule has 1 N–H and O–H groups in total. The monoisotopic (exact) mass is 380 g/mol. The maximum absolute atomic E-state index is 5.03. The van der Waals surface area contributed by atoms with Gasteiger partial charge in [0.15, 0.2) is 5.96 Å². The predicted molar refractivity (Wildman–Crippen MR) is 113 cm³/mol. The minimum absolute atomic E-state index is 0.561. The van der Waals surface area contributed by atoms with Crippen molar-refractivity contribution < 1.29 is 0 Å². The molecule has 1 aromatic heterocycles. The average Bonchev–Trinajstić information content (AvgIpc) is 3.33. The molecule has 3 heterocycles. The van der Waals surface area contributed by atoms with Crippen molar-refractivity contribution in [1.29, 1.82) is 0 Å². The smallest absolute Gasteiger partial charge is 0.193 e. The normalized spacial score (nSPS) is 22.4.